The van der Waals surface area contributed by atoms with Crippen molar-refractivity contribution in [3.63, 3.8) is 0 Å². The third-order valence-electron chi connectivity index (χ3n) is 3.02. The molecule has 0 fully saturated rings. The highest BCUT2D eigenvalue weighted by atomic mass is 35.5. The molecule has 6 heteroatoms. The Morgan fingerprint density at radius 1 is 0.773 bits per heavy atom. The third kappa shape index (κ3) is 15.6. The number of halogens is 1. The summed E-state index contributed by atoms with van der Waals surface area (Å²) in [6, 6.07) is 0. The Balaban J connectivity index is 3.33. The zero-order valence-electron chi connectivity index (χ0n) is 13.6. The maximum absolute atomic E-state index is 11.4. The fourth-order valence-electron chi connectivity index (χ4n) is 1.80. The second kappa shape index (κ2) is 16.6. The second-order valence-corrected chi connectivity index (χ2v) is 5.33. The number of alkyl halides is 1. The summed E-state index contributed by atoms with van der Waals surface area (Å²) in [7, 11) is 0. The van der Waals surface area contributed by atoms with Gasteiger partial charge in [-0.1, -0.05) is 25.7 Å². The van der Waals surface area contributed by atoms with Gasteiger partial charge in [-0.15, -0.1) is 11.6 Å². The van der Waals surface area contributed by atoms with E-state index in [4.69, 9.17) is 25.8 Å². The summed E-state index contributed by atoms with van der Waals surface area (Å²) in [5, 5.41) is 0. The van der Waals surface area contributed by atoms with Gasteiger partial charge < -0.3 is 14.2 Å². The highest BCUT2D eigenvalue weighted by Gasteiger charge is 2.08. The van der Waals surface area contributed by atoms with Gasteiger partial charge in [0, 0.05) is 12.5 Å². The maximum atomic E-state index is 11.4. The van der Waals surface area contributed by atoms with E-state index in [0.29, 0.717) is 19.8 Å². The molecule has 0 heterocycles. The Morgan fingerprint density at radius 2 is 1.32 bits per heavy atom. The number of hydrogen-bond donors (Lipinski definition) is 0. The summed E-state index contributed by atoms with van der Waals surface area (Å²) >= 11 is 5.60. The Labute approximate surface area is 138 Å². The molecule has 0 saturated carbocycles. The molecule has 0 N–H and O–H groups in total. The largest absolute Gasteiger partial charge is 0.466 e. The van der Waals surface area contributed by atoms with Crippen LogP contribution >= 0.6 is 11.6 Å². The first-order valence-corrected chi connectivity index (χ1v) is 8.69. The smallest absolute Gasteiger partial charge is 0.306 e. The number of carbonyl (C=O) groups is 2. The Hall–Kier alpha value is -0.810. The van der Waals surface area contributed by atoms with Gasteiger partial charge in [0.15, 0.2) is 0 Å². The Kier molecular flexibility index (Phi) is 15.9. The van der Waals surface area contributed by atoms with Crippen molar-refractivity contribution in [3.05, 3.63) is 0 Å². The van der Waals surface area contributed by atoms with E-state index in [9.17, 15) is 9.59 Å². The quantitative estimate of drug-likeness (QED) is 0.260. The highest BCUT2D eigenvalue weighted by molar-refractivity contribution is 6.17. The minimum Gasteiger partial charge on any atom is -0.466 e. The van der Waals surface area contributed by atoms with Crippen LogP contribution in [0.1, 0.15) is 58.3 Å². The van der Waals surface area contributed by atoms with Gasteiger partial charge in [0.1, 0.15) is 6.61 Å². The molecule has 0 radical (unpaired) electrons. The van der Waals surface area contributed by atoms with Crippen LogP contribution in [0.25, 0.3) is 0 Å². The first kappa shape index (κ1) is 21.2. The molecule has 0 bridgehead atoms. The summed E-state index contributed by atoms with van der Waals surface area (Å²) in [6.07, 6.45) is 6.59. The molecule has 22 heavy (non-hydrogen) atoms. The Bertz CT molecular complexity index is 284. The maximum Gasteiger partial charge on any atom is 0.306 e. The summed E-state index contributed by atoms with van der Waals surface area (Å²) in [4.78, 5) is 22.7. The standard InChI is InChI=1S/C16H29ClO5/c1-2-20-13-14-22-16(19)10-9-15(18)21-12-8-6-4-3-5-7-11-17/h2-14H2,1H3. The molecule has 0 aliphatic heterocycles. The van der Waals surface area contributed by atoms with Crippen LogP contribution in [0.5, 0.6) is 0 Å². The molecule has 130 valence electrons. The average molecular weight is 337 g/mol. The lowest BCUT2D eigenvalue weighted by Crippen LogP contribution is -2.13. The molecule has 0 aliphatic rings. The predicted molar refractivity (Wildman–Crippen MR) is 86.1 cm³/mol. The first-order valence-electron chi connectivity index (χ1n) is 8.15. The summed E-state index contributed by atoms with van der Waals surface area (Å²) in [5.41, 5.74) is 0. The molecule has 0 amide bonds. The van der Waals surface area contributed by atoms with Gasteiger partial charge in [-0.25, -0.2) is 0 Å². The molecule has 0 aromatic heterocycles. The van der Waals surface area contributed by atoms with Crippen LogP contribution in [-0.4, -0.2) is 44.2 Å². The molecular weight excluding hydrogens is 308 g/mol. The molecule has 0 aliphatic carbocycles. The molecule has 0 saturated heterocycles. The number of esters is 2. The van der Waals surface area contributed by atoms with Gasteiger partial charge in [-0.2, -0.15) is 0 Å². The van der Waals surface area contributed by atoms with Crippen LogP contribution in [0.3, 0.4) is 0 Å². The molecular formula is C16H29ClO5. The molecule has 0 atom stereocenters. The number of unbranched alkanes of at least 4 members (excludes halogenated alkanes) is 5. The van der Waals surface area contributed by atoms with Gasteiger partial charge >= 0.3 is 11.9 Å². The van der Waals surface area contributed by atoms with E-state index in [-0.39, 0.29) is 25.4 Å². The average Bonchev–Trinajstić information content (AvgIpc) is 2.52. The highest BCUT2D eigenvalue weighted by Crippen LogP contribution is 2.06. The molecule has 0 aromatic carbocycles. The van der Waals surface area contributed by atoms with E-state index < -0.39 is 5.97 Å². The normalized spacial score (nSPS) is 10.5. The van der Waals surface area contributed by atoms with Crippen LogP contribution < -0.4 is 0 Å². The van der Waals surface area contributed by atoms with Crippen LogP contribution in [0.2, 0.25) is 0 Å². The van der Waals surface area contributed by atoms with Crippen molar-refractivity contribution in [2.24, 2.45) is 0 Å². The molecule has 0 rings (SSSR count). The van der Waals surface area contributed by atoms with E-state index in [2.05, 4.69) is 0 Å². The number of ether oxygens (including phenoxy) is 3. The number of rotatable bonds is 15. The zero-order valence-corrected chi connectivity index (χ0v) is 14.4. The van der Waals surface area contributed by atoms with Crippen molar-refractivity contribution >= 4 is 23.5 Å². The summed E-state index contributed by atoms with van der Waals surface area (Å²) in [6.45, 7) is 3.51. The van der Waals surface area contributed by atoms with Gasteiger partial charge in [-0.3, -0.25) is 9.59 Å². The zero-order chi connectivity index (χ0) is 16.5. The lowest BCUT2D eigenvalue weighted by Gasteiger charge is -2.06. The van der Waals surface area contributed by atoms with Crippen molar-refractivity contribution < 1.29 is 23.8 Å². The molecule has 0 spiro atoms. The van der Waals surface area contributed by atoms with E-state index in [0.717, 1.165) is 38.0 Å². The van der Waals surface area contributed by atoms with Crippen molar-refractivity contribution in [1.29, 1.82) is 0 Å². The lowest BCUT2D eigenvalue weighted by molar-refractivity contribution is -0.151. The minimum atomic E-state index is -0.393. The summed E-state index contributed by atoms with van der Waals surface area (Å²) < 4.78 is 15.0. The van der Waals surface area contributed by atoms with Crippen molar-refractivity contribution in [2.45, 2.75) is 58.3 Å². The minimum absolute atomic E-state index is 0.0589. The van der Waals surface area contributed by atoms with Gasteiger partial charge in [0.25, 0.3) is 0 Å². The number of hydrogen-bond acceptors (Lipinski definition) is 5. The van der Waals surface area contributed by atoms with Crippen molar-refractivity contribution in [2.75, 3.05) is 32.3 Å². The van der Waals surface area contributed by atoms with Gasteiger partial charge in [-0.05, 0) is 19.8 Å². The SMILES string of the molecule is CCOCCOC(=O)CCC(=O)OCCCCCCCCCl. The topological polar surface area (TPSA) is 61.8 Å². The first-order chi connectivity index (χ1) is 10.7. The fraction of sp³-hybridized carbons (Fsp3) is 0.875. The van der Waals surface area contributed by atoms with Crippen molar-refractivity contribution in [1.82, 2.24) is 0 Å². The van der Waals surface area contributed by atoms with Gasteiger partial charge in [0.2, 0.25) is 0 Å². The van der Waals surface area contributed by atoms with E-state index in [1.54, 1.807) is 0 Å². The Morgan fingerprint density at radius 3 is 1.91 bits per heavy atom. The fourth-order valence-corrected chi connectivity index (χ4v) is 1.99. The van der Waals surface area contributed by atoms with E-state index >= 15 is 0 Å². The van der Waals surface area contributed by atoms with Gasteiger partial charge in [0.05, 0.1) is 26.1 Å². The third-order valence-corrected chi connectivity index (χ3v) is 3.29. The van der Waals surface area contributed by atoms with Crippen molar-refractivity contribution in [3.8, 4) is 0 Å². The lowest BCUT2D eigenvalue weighted by atomic mass is 10.1. The molecule has 5 nitrogen and oxygen atoms in total. The number of carbonyl (C=O) groups excluding carboxylic acids is 2. The monoisotopic (exact) mass is 336 g/mol. The molecule has 0 aromatic rings. The van der Waals surface area contributed by atoms with E-state index in [1.807, 2.05) is 6.92 Å². The molecule has 0 unspecified atom stereocenters. The van der Waals surface area contributed by atoms with Crippen LogP contribution in [0.15, 0.2) is 0 Å². The second-order valence-electron chi connectivity index (χ2n) is 4.95. The van der Waals surface area contributed by atoms with Crippen LogP contribution in [0, 0.1) is 0 Å². The van der Waals surface area contributed by atoms with Crippen LogP contribution in [-0.2, 0) is 23.8 Å². The predicted octanol–water partition coefficient (Wildman–Crippen LogP) is 3.47. The van der Waals surface area contributed by atoms with E-state index in [1.165, 1.54) is 6.42 Å². The summed E-state index contributed by atoms with van der Waals surface area (Å²) in [5.74, 6) is -0.00840. The van der Waals surface area contributed by atoms with Crippen LogP contribution in [0.4, 0.5) is 0 Å².